The standard InChI is InChI=1S/C12H17NO.5C12H16O.C8H16O/c1-9-4-6-11(7-5-9)8-12(13-3)10(2)14;5*1-9-4-6-12(7-5-9)8-10(2)11(3)13;1-4-5-6-7(2)8(3)9/h4-7,12-13H,8H2,1-3H3;5*4-7,10H,8H2,1-3H3;7H,4-6H2,1-3H3/t12-;5*10-;7-/m1111111/s1. The number of aryl methyl sites for hydroxylation is 6. The summed E-state index contributed by atoms with van der Waals surface area (Å²) in [5.74, 6) is 2.82. The third-order valence-electron chi connectivity index (χ3n) is 15.9. The van der Waals surface area contributed by atoms with Gasteiger partial charge in [-0.25, -0.2) is 0 Å². The van der Waals surface area contributed by atoms with Crippen LogP contribution in [0.3, 0.4) is 0 Å². The third kappa shape index (κ3) is 39.0. The van der Waals surface area contributed by atoms with E-state index in [-0.39, 0.29) is 76.2 Å². The number of Topliss-reactive ketones (excluding diaryl/α,β-unsaturated/α-hetero) is 7. The normalized spacial score (nSPS) is 12.6. The fourth-order valence-corrected chi connectivity index (χ4v) is 8.23. The van der Waals surface area contributed by atoms with Gasteiger partial charge in [-0.1, -0.05) is 240 Å². The fourth-order valence-electron chi connectivity index (χ4n) is 8.23. The highest BCUT2D eigenvalue weighted by Crippen LogP contribution is 2.16. The Morgan fingerprint density at radius 2 is 0.455 bits per heavy atom. The summed E-state index contributed by atoms with van der Waals surface area (Å²) in [7, 11) is 1.82. The molecule has 7 atom stereocenters. The summed E-state index contributed by atoms with van der Waals surface area (Å²) < 4.78 is 0. The zero-order chi connectivity index (χ0) is 67.1. The average molecular weight is 1200 g/mol. The van der Waals surface area contributed by atoms with Gasteiger partial charge in [0.15, 0.2) is 0 Å². The van der Waals surface area contributed by atoms with Crippen LogP contribution in [0.1, 0.15) is 183 Å². The maximum Gasteiger partial charge on any atom is 0.147 e. The molecule has 0 aromatic heterocycles. The number of carbonyl (C=O) groups excluding carboxylic acids is 7. The van der Waals surface area contributed by atoms with Crippen LogP contribution in [0, 0.1) is 77.0 Å². The molecule has 6 aromatic carbocycles. The predicted octanol–water partition coefficient (Wildman–Crippen LogP) is 17.9. The van der Waals surface area contributed by atoms with E-state index in [9.17, 15) is 33.6 Å². The van der Waals surface area contributed by atoms with Crippen LogP contribution in [-0.4, -0.2) is 53.6 Å². The van der Waals surface area contributed by atoms with Crippen molar-refractivity contribution in [1.29, 1.82) is 0 Å². The molecule has 0 amide bonds. The van der Waals surface area contributed by atoms with Crippen molar-refractivity contribution in [2.75, 3.05) is 7.05 Å². The lowest BCUT2D eigenvalue weighted by atomic mass is 9.97. The number of carbonyl (C=O) groups is 7. The minimum atomic E-state index is -0.0577. The number of hydrogen-bond acceptors (Lipinski definition) is 8. The zero-order valence-electron chi connectivity index (χ0n) is 58.1. The molecule has 0 fully saturated rings. The molecular formula is C80H113NO7. The molecule has 0 radical (unpaired) electrons. The summed E-state index contributed by atoms with van der Waals surface area (Å²) in [5.41, 5.74) is 15.0. The third-order valence-corrected chi connectivity index (χ3v) is 15.9. The van der Waals surface area contributed by atoms with E-state index in [1.165, 1.54) is 79.6 Å². The summed E-state index contributed by atoms with van der Waals surface area (Å²) in [6.07, 6.45) is 8.49. The first-order valence-electron chi connectivity index (χ1n) is 31.8. The van der Waals surface area contributed by atoms with Crippen molar-refractivity contribution >= 4 is 40.5 Å². The minimum absolute atomic E-state index is 0.0577. The zero-order valence-corrected chi connectivity index (χ0v) is 58.1. The van der Waals surface area contributed by atoms with Gasteiger partial charge in [-0.3, -0.25) is 33.6 Å². The Hall–Kier alpha value is -7.03. The van der Waals surface area contributed by atoms with Crippen molar-refractivity contribution in [3.63, 3.8) is 0 Å². The van der Waals surface area contributed by atoms with E-state index in [1.807, 2.05) is 48.6 Å². The van der Waals surface area contributed by atoms with Crippen LogP contribution in [0.5, 0.6) is 0 Å². The van der Waals surface area contributed by atoms with Gasteiger partial charge in [-0.2, -0.15) is 0 Å². The summed E-state index contributed by atoms with van der Waals surface area (Å²) in [4.78, 5) is 76.9. The molecule has 0 saturated heterocycles. The van der Waals surface area contributed by atoms with Gasteiger partial charge in [-0.05, 0) is 175 Å². The monoisotopic (exact) mass is 1200 g/mol. The molecule has 88 heavy (non-hydrogen) atoms. The first-order chi connectivity index (χ1) is 41.3. The van der Waals surface area contributed by atoms with Gasteiger partial charge in [0.1, 0.15) is 40.5 Å². The lowest BCUT2D eigenvalue weighted by Gasteiger charge is -2.12. The Morgan fingerprint density at radius 1 is 0.284 bits per heavy atom. The molecule has 0 aliphatic rings. The summed E-state index contributed by atoms with van der Waals surface area (Å²) in [6, 6.07) is 50.0. The highest BCUT2D eigenvalue weighted by Gasteiger charge is 2.13. The summed E-state index contributed by atoms with van der Waals surface area (Å²) in [6.45, 7) is 38.0. The van der Waals surface area contributed by atoms with Gasteiger partial charge in [-0.15, -0.1) is 0 Å². The quantitative estimate of drug-likeness (QED) is 0.0671. The molecule has 0 spiro atoms. The number of benzene rings is 6. The number of likely N-dealkylation sites (N-methyl/N-ethyl adjacent to an activating group) is 1. The molecule has 0 bridgehead atoms. The van der Waals surface area contributed by atoms with E-state index in [0.29, 0.717) is 5.78 Å². The Kier molecular flexibility index (Phi) is 41.6. The maximum atomic E-state index is 11.2. The summed E-state index contributed by atoms with van der Waals surface area (Å²) in [5, 5.41) is 3.02. The van der Waals surface area contributed by atoms with Crippen LogP contribution in [0.25, 0.3) is 0 Å². The molecule has 6 rings (SSSR count). The van der Waals surface area contributed by atoms with Crippen LogP contribution in [0.4, 0.5) is 0 Å². The molecule has 0 unspecified atom stereocenters. The molecule has 480 valence electrons. The molecule has 0 aliphatic heterocycles. The van der Waals surface area contributed by atoms with Crippen LogP contribution >= 0.6 is 0 Å². The molecule has 1 N–H and O–H groups in total. The first kappa shape index (κ1) is 81.0. The van der Waals surface area contributed by atoms with Gasteiger partial charge >= 0.3 is 0 Å². The summed E-state index contributed by atoms with van der Waals surface area (Å²) >= 11 is 0. The van der Waals surface area contributed by atoms with E-state index < -0.39 is 0 Å². The van der Waals surface area contributed by atoms with Crippen LogP contribution in [0.15, 0.2) is 146 Å². The van der Waals surface area contributed by atoms with Gasteiger partial charge in [0.2, 0.25) is 0 Å². The molecule has 8 nitrogen and oxygen atoms in total. The molecule has 0 saturated carbocycles. The lowest BCUT2D eigenvalue weighted by molar-refractivity contribution is -0.121. The number of unbranched alkanes of at least 4 members (excludes halogenated alkanes) is 1. The molecular weight excluding hydrogens is 1090 g/mol. The predicted molar refractivity (Wildman–Crippen MR) is 371 cm³/mol. The minimum Gasteiger partial charge on any atom is -0.310 e. The van der Waals surface area contributed by atoms with Crippen molar-refractivity contribution in [1.82, 2.24) is 5.32 Å². The molecule has 8 heteroatoms. The Labute approximate surface area is 533 Å². The second-order valence-electron chi connectivity index (χ2n) is 24.8. The first-order valence-corrected chi connectivity index (χ1v) is 31.8. The Balaban J connectivity index is 0.00000101. The van der Waals surface area contributed by atoms with Crippen molar-refractivity contribution in [2.45, 2.75) is 202 Å². The Bertz CT molecular complexity index is 2570. The average Bonchev–Trinajstić information content (AvgIpc) is 3.50. The van der Waals surface area contributed by atoms with Crippen LogP contribution in [0.2, 0.25) is 0 Å². The van der Waals surface area contributed by atoms with E-state index in [1.54, 1.807) is 48.5 Å². The second-order valence-corrected chi connectivity index (χ2v) is 24.8. The number of ketones is 7. The molecule has 0 aliphatic carbocycles. The molecule has 0 heterocycles. The number of hydrogen-bond donors (Lipinski definition) is 1. The SMILES string of the molecule is CC(=O)[C@H](C)Cc1ccc(C)cc1.CC(=O)[C@H](C)Cc1ccc(C)cc1.CC(=O)[C@H](C)Cc1ccc(C)cc1.CC(=O)[C@H](C)Cc1ccc(C)cc1.CC(=O)[C@H](C)Cc1ccc(C)cc1.CCCC[C@@H](C)C(C)=O.CN[C@H](Cc1ccc(C)cc1)C(C)=O. The van der Waals surface area contributed by atoms with Crippen molar-refractivity contribution in [3.05, 3.63) is 212 Å². The van der Waals surface area contributed by atoms with E-state index in [4.69, 9.17) is 0 Å². The van der Waals surface area contributed by atoms with Gasteiger partial charge < -0.3 is 5.32 Å². The van der Waals surface area contributed by atoms with Gasteiger partial charge in [0, 0.05) is 35.5 Å². The number of rotatable bonds is 23. The van der Waals surface area contributed by atoms with Crippen molar-refractivity contribution in [3.8, 4) is 0 Å². The molecule has 6 aromatic rings. The van der Waals surface area contributed by atoms with E-state index in [2.05, 4.69) is 199 Å². The smallest absolute Gasteiger partial charge is 0.147 e. The lowest BCUT2D eigenvalue weighted by Crippen LogP contribution is -2.34. The topological polar surface area (TPSA) is 132 Å². The fraction of sp³-hybridized carbons (Fsp3) is 0.463. The Morgan fingerprint density at radius 3 is 0.591 bits per heavy atom. The van der Waals surface area contributed by atoms with Crippen molar-refractivity contribution in [2.24, 2.45) is 35.5 Å². The van der Waals surface area contributed by atoms with Crippen LogP contribution < -0.4 is 5.32 Å². The van der Waals surface area contributed by atoms with E-state index in [0.717, 1.165) is 44.9 Å². The maximum absolute atomic E-state index is 11.2. The number of nitrogens with one attached hydrogen (secondary N) is 1. The second kappa shape index (κ2) is 45.3. The van der Waals surface area contributed by atoms with Gasteiger partial charge in [0.05, 0.1) is 6.04 Å². The van der Waals surface area contributed by atoms with Crippen molar-refractivity contribution < 1.29 is 33.6 Å². The van der Waals surface area contributed by atoms with Crippen LogP contribution in [-0.2, 0) is 72.1 Å². The van der Waals surface area contributed by atoms with E-state index >= 15 is 0 Å². The largest absolute Gasteiger partial charge is 0.310 e. The highest BCUT2D eigenvalue weighted by molar-refractivity contribution is 5.82. The highest BCUT2D eigenvalue weighted by atomic mass is 16.1. The van der Waals surface area contributed by atoms with Gasteiger partial charge in [0.25, 0.3) is 0 Å².